The van der Waals surface area contributed by atoms with Crippen molar-refractivity contribution < 1.29 is 18.7 Å². The highest BCUT2D eigenvalue weighted by Gasteiger charge is 2.53. The molecule has 1 saturated heterocycles. The van der Waals surface area contributed by atoms with E-state index < -0.39 is 5.41 Å². The molecule has 0 bridgehead atoms. The molecule has 1 amide bonds. The Kier molecular flexibility index (Phi) is 4.68. The third-order valence-corrected chi connectivity index (χ3v) is 5.40. The second-order valence-electron chi connectivity index (χ2n) is 7.10. The van der Waals surface area contributed by atoms with Crippen LogP contribution in [0.2, 0.25) is 0 Å². The van der Waals surface area contributed by atoms with Crippen molar-refractivity contribution in [2.45, 2.75) is 37.2 Å². The lowest BCUT2D eigenvalue weighted by Gasteiger charge is -2.34. The summed E-state index contributed by atoms with van der Waals surface area (Å²) in [5.41, 5.74) is 0.458. The molecule has 2 aromatic rings. The lowest BCUT2D eigenvalue weighted by atomic mass is 9.93. The minimum atomic E-state index is -0.458. The van der Waals surface area contributed by atoms with E-state index in [0.717, 1.165) is 31.2 Å². The van der Waals surface area contributed by atoms with Crippen LogP contribution in [0, 0.1) is 5.82 Å². The number of ether oxygens (including phenoxy) is 2. The molecule has 1 saturated carbocycles. The Hall–Kier alpha value is -2.70. The third-order valence-electron chi connectivity index (χ3n) is 5.40. The summed E-state index contributed by atoms with van der Waals surface area (Å²) in [6.45, 7) is 1.28. The lowest BCUT2D eigenvalue weighted by molar-refractivity contribution is -0.135. The van der Waals surface area contributed by atoms with Crippen LogP contribution >= 0.6 is 0 Å². The highest BCUT2D eigenvalue weighted by molar-refractivity contribution is 5.91. The molecule has 1 aromatic heterocycles. The molecular weight excluding hydrogens is 349 g/mol. The van der Waals surface area contributed by atoms with Crippen molar-refractivity contribution in [1.29, 1.82) is 0 Å². The molecule has 7 heteroatoms. The summed E-state index contributed by atoms with van der Waals surface area (Å²) in [6, 6.07) is 6.65. The number of halogens is 1. The summed E-state index contributed by atoms with van der Waals surface area (Å²) in [7, 11) is 1.56. The van der Waals surface area contributed by atoms with Gasteiger partial charge in [0.25, 0.3) is 0 Å². The van der Waals surface area contributed by atoms with E-state index in [-0.39, 0.29) is 17.8 Å². The summed E-state index contributed by atoms with van der Waals surface area (Å²) in [5.74, 6) is 0.451. The van der Waals surface area contributed by atoms with Crippen LogP contribution in [-0.4, -0.2) is 47.1 Å². The molecule has 0 unspecified atom stereocenters. The topological polar surface area (TPSA) is 64.6 Å². The molecule has 1 aliphatic carbocycles. The van der Waals surface area contributed by atoms with Crippen LogP contribution in [0.5, 0.6) is 11.8 Å². The van der Waals surface area contributed by atoms with Crippen molar-refractivity contribution in [3.63, 3.8) is 0 Å². The maximum absolute atomic E-state index is 13.2. The molecule has 2 heterocycles. The highest BCUT2D eigenvalue weighted by atomic mass is 19.1. The molecule has 0 spiro atoms. The number of carbonyl (C=O) groups is 1. The van der Waals surface area contributed by atoms with Gasteiger partial charge in [-0.1, -0.05) is 12.1 Å². The molecule has 27 heavy (non-hydrogen) atoms. The molecule has 2 fully saturated rings. The number of methoxy groups -OCH3 is 1. The fourth-order valence-corrected chi connectivity index (χ4v) is 3.62. The van der Waals surface area contributed by atoms with Gasteiger partial charge < -0.3 is 14.4 Å². The number of amides is 1. The van der Waals surface area contributed by atoms with Gasteiger partial charge in [-0.3, -0.25) is 4.79 Å². The van der Waals surface area contributed by atoms with Gasteiger partial charge in [0.15, 0.2) is 5.75 Å². The highest BCUT2D eigenvalue weighted by Crippen LogP contribution is 2.49. The molecule has 0 atom stereocenters. The summed E-state index contributed by atoms with van der Waals surface area (Å²) in [5, 5.41) is 0. The number of hydrogen-bond donors (Lipinski definition) is 0. The summed E-state index contributed by atoms with van der Waals surface area (Å²) >= 11 is 0. The monoisotopic (exact) mass is 371 g/mol. The maximum Gasteiger partial charge on any atom is 0.316 e. The van der Waals surface area contributed by atoms with Crippen molar-refractivity contribution in [1.82, 2.24) is 14.9 Å². The van der Waals surface area contributed by atoms with Gasteiger partial charge in [0.1, 0.15) is 11.9 Å². The molecule has 4 rings (SSSR count). The SMILES string of the molecule is COc1cnc(OC2CCN(C(=O)C3(c4ccc(F)cc4)CC3)CC2)nc1. The van der Waals surface area contributed by atoms with Gasteiger partial charge >= 0.3 is 6.01 Å². The van der Waals surface area contributed by atoms with Gasteiger partial charge in [-0.05, 0) is 30.5 Å². The molecule has 0 radical (unpaired) electrons. The Morgan fingerprint density at radius 3 is 2.33 bits per heavy atom. The Bertz CT molecular complexity index is 798. The second kappa shape index (κ2) is 7.13. The average Bonchev–Trinajstić information content (AvgIpc) is 3.51. The second-order valence-corrected chi connectivity index (χ2v) is 7.10. The van der Waals surface area contributed by atoms with Gasteiger partial charge in [0, 0.05) is 25.9 Å². The van der Waals surface area contributed by atoms with E-state index in [4.69, 9.17) is 9.47 Å². The first-order chi connectivity index (χ1) is 13.1. The van der Waals surface area contributed by atoms with Crippen molar-refractivity contribution >= 4 is 5.91 Å². The number of rotatable bonds is 5. The normalized spacial score (nSPS) is 18.8. The van der Waals surface area contributed by atoms with Gasteiger partial charge in [-0.25, -0.2) is 4.39 Å². The fraction of sp³-hybridized carbons (Fsp3) is 0.450. The number of aromatic nitrogens is 2. The molecule has 1 aliphatic heterocycles. The number of nitrogens with zero attached hydrogens (tertiary/aromatic N) is 3. The zero-order chi connectivity index (χ0) is 18.9. The molecular formula is C20H22FN3O3. The predicted octanol–water partition coefficient (Wildman–Crippen LogP) is 2.73. The van der Waals surface area contributed by atoms with Crippen LogP contribution in [0.15, 0.2) is 36.7 Å². The van der Waals surface area contributed by atoms with E-state index in [1.165, 1.54) is 12.1 Å². The van der Waals surface area contributed by atoms with E-state index in [1.54, 1.807) is 31.6 Å². The van der Waals surface area contributed by atoms with Crippen LogP contribution in [0.4, 0.5) is 4.39 Å². The van der Waals surface area contributed by atoms with Crippen LogP contribution in [-0.2, 0) is 10.2 Å². The zero-order valence-electron chi connectivity index (χ0n) is 15.2. The van der Waals surface area contributed by atoms with Crippen molar-refractivity contribution in [2.75, 3.05) is 20.2 Å². The fourth-order valence-electron chi connectivity index (χ4n) is 3.62. The first-order valence-electron chi connectivity index (χ1n) is 9.19. The van der Waals surface area contributed by atoms with Crippen LogP contribution in [0.1, 0.15) is 31.2 Å². The van der Waals surface area contributed by atoms with Crippen LogP contribution < -0.4 is 9.47 Å². The smallest absolute Gasteiger partial charge is 0.316 e. The molecule has 6 nitrogen and oxygen atoms in total. The lowest BCUT2D eigenvalue weighted by Crippen LogP contribution is -2.46. The average molecular weight is 371 g/mol. The molecule has 1 aromatic carbocycles. The largest absolute Gasteiger partial charge is 0.494 e. The Morgan fingerprint density at radius 2 is 1.78 bits per heavy atom. The minimum Gasteiger partial charge on any atom is -0.494 e. The maximum atomic E-state index is 13.2. The van der Waals surface area contributed by atoms with Crippen LogP contribution in [0.25, 0.3) is 0 Å². The molecule has 0 N–H and O–H groups in total. The summed E-state index contributed by atoms with van der Waals surface area (Å²) < 4.78 is 24.0. The minimum absolute atomic E-state index is 0.0107. The zero-order valence-corrected chi connectivity index (χ0v) is 15.2. The van der Waals surface area contributed by atoms with E-state index >= 15 is 0 Å². The Morgan fingerprint density at radius 1 is 1.15 bits per heavy atom. The van der Waals surface area contributed by atoms with E-state index in [1.807, 2.05) is 4.90 Å². The van der Waals surface area contributed by atoms with E-state index in [0.29, 0.717) is 24.8 Å². The summed E-state index contributed by atoms with van der Waals surface area (Å²) in [6.07, 6.45) is 6.26. The van der Waals surface area contributed by atoms with E-state index in [2.05, 4.69) is 9.97 Å². The van der Waals surface area contributed by atoms with Crippen molar-refractivity contribution in [3.05, 3.63) is 48.0 Å². The summed E-state index contributed by atoms with van der Waals surface area (Å²) in [4.78, 5) is 23.2. The number of piperidine rings is 1. The van der Waals surface area contributed by atoms with Crippen LogP contribution in [0.3, 0.4) is 0 Å². The Balaban J connectivity index is 1.34. The van der Waals surface area contributed by atoms with Gasteiger partial charge in [-0.2, -0.15) is 9.97 Å². The first-order valence-corrected chi connectivity index (χ1v) is 9.19. The predicted molar refractivity (Wildman–Crippen MR) is 96.1 cm³/mol. The number of carbonyl (C=O) groups excluding carboxylic acids is 1. The number of benzene rings is 1. The first kappa shape index (κ1) is 17.7. The quantitative estimate of drug-likeness (QED) is 0.809. The van der Waals surface area contributed by atoms with Crippen molar-refractivity contribution in [2.24, 2.45) is 0 Å². The molecule has 142 valence electrons. The number of hydrogen-bond acceptors (Lipinski definition) is 5. The van der Waals surface area contributed by atoms with Gasteiger partial charge in [-0.15, -0.1) is 0 Å². The number of likely N-dealkylation sites (tertiary alicyclic amines) is 1. The standard InChI is InChI=1S/C20H22FN3O3/c1-26-17-12-22-19(23-13-17)27-16-6-10-24(11-7-16)18(25)20(8-9-20)14-2-4-15(21)5-3-14/h2-5,12-13,16H,6-11H2,1H3. The van der Waals surface area contributed by atoms with E-state index in [9.17, 15) is 9.18 Å². The Labute approximate surface area is 157 Å². The van der Waals surface area contributed by atoms with Crippen molar-refractivity contribution in [3.8, 4) is 11.8 Å². The van der Waals surface area contributed by atoms with Gasteiger partial charge in [0.2, 0.25) is 5.91 Å². The molecule has 2 aliphatic rings. The third kappa shape index (κ3) is 3.59. The van der Waals surface area contributed by atoms with Gasteiger partial charge in [0.05, 0.1) is 24.9 Å².